The van der Waals surface area contributed by atoms with Crippen molar-refractivity contribution < 1.29 is 4.79 Å². The van der Waals surface area contributed by atoms with E-state index in [2.05, 4.69) is 24.4 Å². The van der Waals surface area contributed by atoms with E-state index in [9.17, 15) is 4.79 Å². The minimum Gasteiger partial charge on any atom is -0.399 e. The van der Waals surface area contributed by atoms with Crippen molar-refractivity contribution in [3.05, 3.63) is 45.6 Å². The Balaban J connectivity index is 2.16. The summed E-state index contributed by atoms with van der Waals surface area (Å²) in [6, 6.07) is 9.24. The Hall–Kier alpha value is -2.01. The molecule has 0 radical (unpaired) electrons. The predicted molar refractivity (Wildman–Crippen MR) is 75.8 cm³/mol. The van der Waals surface area contributed by atoms with Crippen LogP contribution in [0.5, 0.6) is 0 Å². The van der Waals surface area contributed by atoms with Crippen LogP contribution in [0.15, 0.2) is 30.3 Å². The molecule has 0 saturated carbocycles. The van der Waals surface area contributed by atoms with Gasteiger partial charge in [-0.15, -0.1) is 11.3 Å². The molecule has 94 valence electrons. The van der Waals surface area contributed by atoms with Crippen LogP contribution >= 0.6 is 11.3 Å². The Morgan fingerprint density at radius 3 is 2.72 bits per heavy atom. The van der Waals surface area contributed by atoms with Gasteiger partial charge in [0.25, 0.3) is 5.91 Å². The van der Waals surface area contributed by atoms with Crippen molar-refractivity contribution in [2.24, 2.45) is 5.73 Å². The van der Waals surface area contributed by atoms with E-state index in [-0.39, 0.29) is 0 Å². The summed E-state index contributed by atoms with van der Waals surface area (Å²) in [5.74, 6) is -0.479. The van der Waals surface area contributed by atoms with Gasteiger partial charge in [0.2, 0.25) is 0 Å². The highest BCUT2D eigenvalue weighted by molar-refractivity contribution is 7.11. The van der Waals surface area contributed by atoms with Gasteiger partial charge in [0.15, 0.2) is 0 Å². The van der Waals surface area contributed by atoms with Gasteiger partial charge in [0, 0.05) is 27.7 Å². The van der Waals surface area contributed by atoms with Crippen molar-refractivity contribution in [2.45, 2.75) is 13.5 Å². The quantitative estimate of drug-likeness (QED) is 0.739. The monoisotopic (exact) mass is 261 g/mol. The fourth-order valence-electron chi connectivity index (χ4n) is 1.68. The topological polar surface area (TPSA) is 81.1 Å². The molecule has 0 spiro atoms. The number of hydrogen-bond donors (Lipinski definition) is 3. The molecule has 0 atom stereocenters. The number of carbonyl (C=O) groups excluding carboxylic acids is 1. The van der Waals surface area contributed by atoms with Gasteiger partial charge in [-0.2, -0.15) is 0 Å². The molecule has 1 heterocycles. The zero-order valence-corrected chi connectivity index (χ0v) is 10.9. The van der Waals surface area contributed by atoms with Gasteiger partial charge in [0.05, 0.1) is 5.56 Å². The minimum absolute atomic E-state index is 0.420. The molecule has 0 aliphatic carbocycles. The molecule has 5 heteroatoms. The molecule has 1 aromatic heterocycles. The maximum Gasteiger partial charge on any atom is 0.250 e. The number of aryl methyl sites for hydroxylation is 1. The highest BCUT2D eigenvalue weighted by atomic mass is 32.1. The standard InChI is InChI=1S/C13H15N3OS/c1-8-2-4-10(18-8)7-16-12-5-3-9(14)6-11(12)13(15)17/h2-6,16H,7,14H2,1H3,(H2,15,17). The maximum absolute atomic E-state index is 11.3. The van der Waals surface area contributed by atoms with Gasteiger partial charge >= 0.3 is 0 Å². The summed E-state index contributed by atoms with van der Waals surface area (Å²) in [5.41, 5.74) is 12.6. The van der Waals surface area contributed by atoms with Gasteiger partial charge in [0.1, 0.15) is 0 Å². The first-order chi connectivity index (χ1) is 8.56. The molecule has 1 aromatic carbocycles. The van der Waals surface area contributed by atoms with E-state index >= 15 is 0 Å². The number of carbonyl (C=O) groups is 1. The third kappa shape index (κ3) is 2.81. The lowest BCUT2D eigenvalue weighted by Gasteiger charge is -2.09. The molecular formula is C13H15N3OS. The molecule has 0 fully saturated rings. The average Bonchev–Trinajstić information content (AvgIpc) is 2.73. The van der Waals surface area contributed by atoms with Crippen molar-refractivity contribution in [1.82, 2.24) is 0 Å². The lowest BCUT2D eigenvalue weighted by atomic mass is 10.1. The normalized spacial score (nSPS) is 10.3. The summed E-state index contributed by atoms with van der Waals surface area (Å²) in [6.07, 6.45) is 0. The van der Waals surface area contributed by atoms with Gasteiger partial charge in [-0.1, -0.05) is 0 Å². The SMILES string of the molecule is Cc1ccc(CNc2ccc(N)cc2C(N)=O)s1. The molecule has 2 rings (SSSR count). The summed E-state index contributed by atoms with van der Waals surface area (Å²) in [5, 5.41) is 3.21. The van der Waals surface area contributed by atoms with Crippen LogP contribution in [0.2, 0.25) is 0 Å². The lowest BCUT2D eigenvalue weighted by Crippen LogP contribution is -2.14. The van der Waals surface area contributed by atoms with Crippen molar-refractivity contribution >= 4 is 28.6 Å². The number of thiophene rings is 1. The third-order valence-corrected chi connectivity index (χ3v) is 3.56. The van der Waals surface area contributed by atoms with E-state index in [0.717, 1.165) is 0 Å². The number of nitrogen functional groups attached to an aromatic ring is 1. The highest BCUT2D eigenvalue weighted by Gasteiger charge is 2.08. The maximum atomic E-state index is 11.3. The molecule has 5 N–H and O–H groups in total. The lowest BCUT2D eigenvalue weighted by molar-refractivity contribution is 0.100. The fourth-order valence-corrected chi connectivity index (χ4v) is 2.51. The van der Waals surface area contributed by atoms with E-state index < -0.39 is 5.91 Å². The summed E-state index contributed by atoms with van der Waals surface area (Å²) in [4.78, 5) is 13.8. The van der Waals surface area contributed by atoms with Crippen LogP contribution in [-0.4, -0.2) is 5.91 Å². The van der Waals surface area contributed by atoms with E-state index in [4.69, 9.17) is 11.5 Å². The van der Waals surface area contributed by atoms with Crippen molar-refractivity contribution in [2.75, 3.05) is 11.1 Å². The number of hydrogen-bond acceptors (Lipinski definition) is 4. The number of amides is 1. The number of nitrogens with two attached hydrogens (primary N) is 2. The summed E-state index contributed by atoms with van der Waals surface area (Å²) < 4.78 is 0. The van der Waals surface area contributed by atoms with Crippen molar-refractivity contribution in [1.29, 1.82) is 0 Å². The minimum atomic E-state index is -0.479. The average molecular weight is 261 g/mol. The van der Waals surface area contributed by atoms with E-state index in [1.165, 1.54) is 9.75 Å². The summed E-state index contributed by atoms with van der Waals surface area (Å²) in [7, 11) is 0. The highest BCUT2D eigenvalue weighted by Crippen LogP contribution is 2.21. The number of anilines is 2. The molecule has 0 saturated heterocycles. The number of primary amides is 1. The molecule has 18 heavy (non-hydrogen) atoms. The third-order valence-electron chi connectivity index (χ3n) is 2.56. The van der Waals surface area contributed by atoms with Gasteiger partial charge in [-0.25, -0.2) is 0 Å². The van der Waals surface area contributed by atoms with Crippen LogP contribution in [0.4, 0.5) is 11.4 Å². The van der Waals surface area contributed by atoms with Crippen LogP contribution in [0.1, 0.15) is 20.1 Å². The second kappa shape index (κ2) is 5.10. The largest absolute Gasteiger partial charge is 0.399 e. The van der Waals surface area contributed by atoms with Gasteiger partial charge in [-0.3, -0.25) is 4.79 Å². The smallest absolute Gasteiger partial charge is 0.250 e. The molecule has 0 aliphatic heterocycles. The summed E-state index contributed by atoms with van der Waals surface area (Å²) in [6.45, 7) is 2.73. The second-order valence-corrected chi connectivity index (χ2v) is 5.41. The van der Waals surface area contributed by atoms with Gasteiger partial charge in [-0.05, 0) is 37.3 Å². The molecule has 1 amide bonds. The number of benzene rings is 1. The molecular weight excluding hydrogens is 246 g/mol. The van der Waals surface area contributed by atoms with E-state index in [0.29, 0.717) is 23.5 Å². The zero-order chi connectivity index (χ0) is 13.1. The van der Waals surface area contributed by atoms with Crippen LogP contribution < -0.4 is 16.8 Å². The molecule has 4 nitrogen and oxygen atoms in total. The first kappa shape index (κ1) is 12.4. The molecule has 2 aromatic rings. The van der Waals surface area contributed by atoms with Crippen molar-refractivity contribution in [3.63, 3.8) is 0 Å². The zero-order valence-electron chi connectivity index (χ0n) is 10.1. The number of nitrogens with one attached hydrogen (secondary N) is 1. The Morgan fingerprint density at radius 2 is 2.11 bits per heavy atom. The van der Waals surface area contributed by atoms with Crippen LogP contribution in [0.3, 0.4) is 0 Å². The van der Waals surface area contributed by atoms with Crippen LogP contribution in [0.25, 0.3) is 0 Å². The number of rotatable bonds is 4. The Labute approximate surface area is 110 Å². The second-order valence-electron chi connectivity index (χ2n) is 4.04. The van der Waals surface area contributed by atoms with Crippen molar-refractivity contribution in [3.8, 4) is 0 Å². The first-order valence-corrected chi connectivity index (χ1v) is 6.36. The predicted octanol–water partition coefficient (Wildman–Crippen LogP) is 2.35. The fraction of sp³-hybridized carbons (Fsp3) is 0.154. The van der Waals surface area contributed by atoms with E-state index in [1.54, 1.807) is 29.5 Å². The first-order valence-electron chi connectivity index (χ1n) is 5.55. The Morgan fingerprint density at radius 1 is 1.33 bits per heavy atom. The van der Waals surface area contributed by atoms with Crippen LogP contribution in [-0.2, 0) is 6.54 Å². The van der Waals surface area contributed by atoms with Crippen LogP contribution in [0, 0.1) is 6.92 Å². The van der Waals surface area contributed by atoms with E-state index in [1.807, 2.05) is 0 Å². The van der Waals surface area contributed by atoms with Gasteiger partial charge < -0.3 is 16.8 Å². The Kier molecular flexibility index (Phi) is 3.53. The molecule has 0 unspecified atom stereocenters. The molecule has 0 bridgehead atoms. The summed E-state index contributed by atoms with van der Waals surface area (Å²) >= 11 is 1.72. The Bertz CT molecular complexity index is 577. The molecule has 0 aliphatic rings.